The van der Waals surface area contributed by atoms with Crippen molar-refractivity contribution in [1.82, 2.24) is 0 Å². The summed E-state index contributed by atoms with van der Waals surface area (Å²) in [6.07, 6.45) is 1.53. The Labute approximate surface area is 178 Å². The first-order chi connectivity index (χ1) is 14.9. The maximum absolute atomic E-state index is 12.5. The molecule has 3 aromatic carbocycles. The molecule has 0 saturated carbocycles. The molecule has 0 bridgehead atoms. The van der Waals surface area contributed by atoms with Gasteiger partial charge in [0.1, 0.15) is 34.9 Å². The molecule has 7 heteroatoms. The number of carbonyl (C=O) groups is 1. The third kappa shape index (κ3) is 4.56. The quantitative estimate of drug-likeness (QED) is 0.375. The molecule has 1 aliphatic heterocycles. The highest BCUT2D eigenvalue weighted by atomic mass is 16.6. The Bertz CT molecular complexity index is 1120. The maximum Gasteiger partial charge on any atom is 0.331 e. The predicted molar refractivity (Wildman–Crippen MR) is 112 cm³/mol. The van der Waals surface area contributed by atoms with Crippen LogP contribution in [0, 0.1) is 0 Å². The van der Waals surface area contributed by atoms with Crippen molar-refractivity contribution in [3.63, 3.8) is 0 Å². The van der Waals surface area contributed by atoms with Gasteiger partial charge in [-0.2, -0.15) is 0 Å². The SMILES string of the molecule is O=C(/C=C/c1ccc(O)cc1)O[C@@H]1Cc2c(O)cc(O)cc2O[C@@H]1c1ccc(O)cc1. The molecule has 0 fully saturated rings. The standard InChI is InChI=1S/C24H20O7/c25-16-6-1-14(2-7-16)3-10-23(29)30-22-13-19-20(28)11-18(27)12-21(19)31-24(22)15-4-8-17(26)9-5-15/h1-12,22,24-28H,13H2/b10-3+/t22-,24-/m1/s1. The molecule has 0 radical (unpaired) electrons. The Morgan fingerprint density at radius 3 is 2.23 bits per heavy atom. The monoisotopic (exact) mass is 420 g/mol. The molecule has 4 N–H and O–H groups in total. The lowest BCUT2D eigenvalue weighted by atomic mass is 9.93. The van der Waals surface area contributed by atoms with E-state index < -0.39 is 18.2 Å². The minimum atomic E-state index is -0.760. The summed E-state index contributed by atoms with van der Waals surface area (Å²) in [6.45, 7) is 0. The molecule has 1 heterocycles. The van der Waals surface area contributed by atoms with Crippen LogP contribution in [0.2, 0.25) is 0 Å². The second-order valence-electron chi connectivity index (χ2n) is 7.18. The first kappa shape index (κ1) is 20.2. The molecular weight excluding hydrogens is 400 g/mol. The van der Waals surface area contributed by atoms with E-state index in [-0.39, 0.29) is 29.4 Å². The van der Waals surface area contributed by atoms with Gasteiger partial charge >= 0.3 is 5.97 Å². The van der Waals surface area contributed by atoms with Gasteiger partial charge in [-0.1, -0.05) is 24.3 Å². The minimum Gasteiger partial charge on any atom is -0.508 e. The Morgan fingerprint density at radius 1 is 0.903 bits per heavy atom. The number of phenols is 4. The number of esters is 1. The van der Waals surface area contributed by atoms with Gasteiger partial charge in [0.25, 0.3) is 0 Å². The average Bonchev–Trinajstić information content (AvgIpc) is 2.74. The molecule has 2 atom stereocenters. The molecule has 0 aliphatic carbocycles. The molecule has 158 valence electrons. The van der Waals surface area contributed by atoms with E-state index in [4.69, 9.17) is 9.47 Å². The summed E-state index contributed by atoms with van der Waals surface area (Å²) in [7, 11) is 0. The van der Waals surface area contributed by atoms with Gasteiger partial charge in [0.05, 0.1) is 0 Å². The number of fused-ring (bicyclic) bond motifs is 1. The van der Waals surface area contributed by atoms with E-state index in [9.17, 15) is 25.2 Å². The fraction of sp³-hybridized carbons (Fsp3) is 0.125. The summed E-state index contributed by atoms with van der Waals surface area (Å²) < 4.78 is 11.6. The largest absolute Gasteiger partial charge is 0.508 e. The number of phenolic OH excluding ortho intramolecular Hbond substituents is 4. The van der Waals surface area contributed by atoms with Crippen LogP contribution in [0.4, 0.5) is 0 Å². The van der Waals surface area contributed by atoms with E-state index in [1.54, 1.807) is 30.3 Å². The van der Waals surface area contributed by atoms with Gasteiger partial charge < -0.3 is 29.9 Å². The second-order valence-corrected chi connectivity index (χ2v) is 7.18. The van der Waals surface area contributed by atoms with Crippen molar-refractivity contribution in [1.29, 1.82) is 0 Å². The third-order valence-corrected chi connectivity index (χ3v) is 4.96. The number of rotatable bonds is 4. The Morgan fingerprint density at radius 2 is 1.55 bits per heavy atom. The van der Waals surface area contributed by atoms with Crippen LogP contribution in [-0.2, 0) is 16.0 Å². The predicted octanol–water partition coefficient (Wildman–Crippen LogP) is 3.81. The van der Waals surface area contributed by atoms with E-state index in [1.165, 1.54) is 42.5 Å². The van der Waals surface area contributed by atoms with Crippen LogP contribution in [0.15, 0.2) is 66.7 Å². The van der Waals surface area contributed by atoms with Gasteiger partial charge in [0.15, 0.2) is 6.10 Å². The van der Waals surface area contributed by atoms with Crippen molar-refractivity contribution in [3.05, 3.63) is 83.4 Å². The summed E-state index contributed by atoms with van der Waals surface area (Å²) in [4.78, 5) is 12.5. The van der Waals surface area contributed by atoms with Crippen LogP contribution in [0.3, 0.4) is 0 Å². The highest BCUT2D eigenvalue weighted by molar-refractivity contribution is 5.87. The Balaban J connectivity index is 1.59. The lowest BCUT2D eigenvalue weighted by molar-refractivity contribution is -0.149. The number of hydrogen-bond acceptors (Lipinski definition) is 7. The zero-order valence-electron chi connectivity index (χ0n) is 16.3. The van der Waals surface area contributed by atoms with Crippen molar-refractivity contribution >= 4 is 12.0 Å². The van der Waals surface area contributed by atoms with Gasteiger partial charge in [-0.25, -0.2) is 4.79 Å². The van der Waals surface area contributed by atoms with Crippen LogP contribution >= 0.6 is 0 Å². The average molecular weight is 420 g/mol. The molecule has 0 saturated heterocycles. The lowest BCUT2D eigenvalue weighted by Gasteiger charge is -2.33. The van der Waals surface area contributed by atoms with Crippen LogP contribution < -0.4 is 4.74 Å². The molecular formula is C24H20O7. The van der Waals surface area contributed by atoms with E-state index in [0.717, 1.165) is 0 Å². The molecule has 7 nitrogen and oxygen atoms in total. The van der Waals surface area contributed by atoms with E-state index >= 15 is 0 Å². The van der Waals surface area contributed by atoms with Crippen LogP contribution in [0.5, 0.6) is 28.7 Å². The fourth-order valence-corrected chi connectivity index (χ4v) is 3.44. The van der Waals surface area contributed by atoms with Gasteiger partial charge in [0, 0.05) is 30.2 Å². The molecule has 4 rings (SSSR count). The highest BCUT2D eigenvalue weighted by Gasteiger charge is 2.35. The molecule has 0 unspecified atom stereocenters. The van der Waals surface area contributed by atoms with Crippen LogP contribution in [0.25, 0.3) is 6.08 Å². The van der Waals surface area contributed by atoms with Gasteiger partial charge in [0.2, 0.25) is 0 Å². The van der Waals surface area contributed by atoms with Crippen molar-refractivity contribution in [2.75, 3.05) is 0 Å². The normalized spacial score (nSPS) is 17.7. The zero-order valence-corrected chi connectivity index (χ0v) is 16.3. The Kier molecular flexibility index (Phi) is 5.41. The summed E-state index contributed by atoms with van der Waals surface area (Å²) in [6, 6.07) is 15.2. The fourth-order valence-electron chi connectivity index (χ4n) is 3.44. The smallest absolute Gasteiger partial charge is 0.331 e. The molecule has 0 spiro atoms. The number of aromatic hydroxyl groups is 4. The summed E-state index contributed by atoms with van der Waals surface area (Å²) >= 11 is 0. The summed E-state index contributed by atoms with van der Waals surface area (Å²) in [5.74, 6) is -0.400. The molecule has 1 aliphatic rings. The maximum atomic E-state index is 12.5. The number of carbonyl (C=O) groups excluding carboxylic acids is 1. The van der Waals surface area contributed by atoms with Crippen LogP contribution in [0.1, 0.15) is 22.8 Å². The first-order valence-corrected chi connectivity index (χ1v) is 9.57. The zero-order chi connectivity index (χ0) is 22.0. The second kappa shape index (κ2) is 8.31. The van der Waals surface area contributed by atoms with E-state index in [2.05, 4.69) is 0 Å². The van der Waals surface area contributed by atoms with Gasteiger partial charge in [-0.15, -0.1) is 0 Å². The molecule has 31 heavy (non-hydrogen) atoms. The van der Waals surface area contributed by atoms with Crippen molar-refractivity contribution in [3.8, 4) is 28.7 Å². The molecule has 0 aromatic heterocycles. The lowest BCUT2D eigenvalue weighted by Crippen LogP contribution is -2.34. The molecule has 3 aromatic rings. The van der Waals surface area contributed by atoms with E-state index in [1.807, 2.05) is 0 Å². The van der Waals surface area contributed by atoms with Gasteiger partial charge in [-0.3, -0.25) is 0 Å². The van der Waals surface area contributed by atoms with Crippen molar-refractivity contribution in [2.45, 2.75) is 18.6 Å². The number of ether oxygens (including phenoxy) is 2. The minimum absolute atomic E-state index is 0.0839. The third-order valence-electron chi connectivity index (χ3n) is 4.96. The first-order valence-electron chi connectivity index (χ1n) is 9.57. The number of benzene rings is 3. The number of hydrogen-bond donors (Lipinski definition) is 4. The topological polar surface area (TPSA) is 116 Å². The van der Waals surface area contributed by atoms with Crippen molar-refractivity contribution < 1.29 is 34.7 Å². The molecule has 0 amide bonds. The summed E-state index contributed by atoms with van der Waals surface area (Å²) in [5.41, 5.74) is 1.79. The van der Waals surface area contributed by atoms with Gasteiger partial charge in [-0.05, 0) is 41.5 Å². The van der Waals surface area contributed by atoms with Crippen LogP contribution in [-0.4, -0.2) is 32.5 Å². The highest BCUT2D eigenvalue weighted by Crippen LogP contribution is 2.43. The summed E-state index contributed by atoms with van der Waals surface area (Å²) in [5, 5.41) is 38.9. The van der Waals surface area contributed by atoms with Crippen molar-refractivity contribution in [2.24, 2.45) is 0 Å². The Hall–Kier alpha value is -4.13. The van der Waals surface area contributed by atoms with E-state index in [0.29, 0.717) is 22.4 Å².